The first kappa shape index (κ1) is 22.5. The molecular formula is C29H29NOP2. The highest BCUT2D eigenvalue weighted by Gasteiger charge is 2.49. The predicted molar refractivity (Wildman–Crippen MR) is 143 cm³/mol. The molecule has 0 saturated carbocycles. The van der Waals surface area contributed by atoms with E-state index in [4.69, 9.17) is 4.52 Å². The Bertz CT molecular complexity index is 1060. The van der Waals surface area contributed by atoms with Crippen LogP contribution in [0.2, 0.25) is 0 Å². The van der Waals surface area contributed by atoms with Crippen LogP contribution in [0, 0.1) is 0 Å². The highest BCUT2D eigenvalue weighted by molar-refractivity contribution is 7.70. The molecule has 166 valence electrons. The van der Waals surface area contributed by atoms with E-state index < -0.39 is 13.7 Å². The quantitative estimate of drug-likeness (QED) is 0.297. The van der Waals surface area contributed by atoms with Gasteiger partial charge < -0.3 is 4.52 Å². The molecule has 1 saturated heterocycles. The molecule has 0 aromatic heterocycles. The van der Waals surface area contributed by atoms with E-state index >= 15 is 0 Å². The lowest BCUT2D eigenvalue weighted by atomic mass is 9.79. The van der Waals surface area contributed by atoms with Gasteiger partial charge >= 0.3 is 0 Å². The lowest BCUT2D eigenvalue weighted by Crippen LogP contribution is -2.48. The molecule has 4 aromatic carbocycles. The van der Waals surface area contributed by atoms with Crippen LogP contribution in [0.15, 0.2) is 121 Å². The molecule has 4 aromatic rings. The third-order valence-electron chi connectivity index (χ3n) is 6.54. The summed E-state index contributed by atoms with van der Waals surface area (Å²) in [5.74, 6) is 0. The summed E-state index contributed by atoms with van der Waals surface area (Å²) in [6, 6.07) is 43.6. The molecule has 2 nitrogen and oxygen atoms in total. The van der Waals surface area contributed by atoms with Crippen molar-refractivity contribution in [2.45, 2.75) is 24.5 Å². The van der Waals surface area contributed by atoms with E-state index in [1.54, 1.807) is 0 Å². The molecule has 0 spiro atoms. The van der Waals surface area contributed by atoms with E-state index in [-0.39, 0.29) is 6.04 Å². The maximum Gasteiger partial charge on any atom is 0.137 e. The van der Waals surface area contributed by atoms with Gasteiger partial charge in [-0.1, -0.05) is 121 Å². The van der Waals surface area contributed by atoms with Crippen LogP contribution in [0.5, 0.6) is 0 Å². The SMILES string of the molecule is POC(c1ccccc1)(c1ccccc1)C1CCCN1P(c1ccccc1)c1ccccc1. The summed E-state index contributed by atoms with van der Waals surface area (Å²) in [4.78, 5) is 0. The van der Waals surface area contributed by atoms with Gasteiger partial charge in [-0.2, -0.15) is 0 Å². The third kappa shape index (κ3) is 4.30. The fourth-order valence-corrected chi connectivity index (χ4v) is 8.25. The number of rotatable bonds is 7. The van der Waals surface area contributed by atoms with E-state index in [2.05, 4.69) is 135 Å². The molecule has 5 rings (SSSR count). The molecule has 1 fully saturated rings. The first-order valence-corrected chi connectivity index (χ1v) is 13.3. The summed E-state index contributed by atoms with van der Waals surface area (Å²) in [6.45, 7) is 1.05. The van der Waals surface area contributed by atoms with Crippen molar-refractivity contribution in [1.82, 2.24) is 4.67 Å². The maximum absolute atomic E-state index is 6.53. The van der Waals surface area contributed by atoms with E-state index in [1.165, 1.54) is 21.7 Å². The first-order chi connectivity index (χ1) is 16.3. The average Bonchev–Trinajstić information content (AvgIpc) is 3.37. The van der Waals surface area contributed by atoms with Crippen molar-refractivity contribution in [3.05, 3.63) is 132 Å². The second-order valence-corrected chi connectivity index (χ2v) is 10.8. The fraction of sp³-hybridized carbons (Fsp3) is 0.172. The van der Waals surface area contributed by atoms with Gasteiger partial charge in [0.25, 0.3) is 0 Å². The minimum absolute atomic E-state index is 0.200. The summed E-state index contributed by atoms with van der Waals surface area (Å²) in [5.41, 5.74) is 1.81. The van der Waals surface area contributed by atoms with Crippen molar-refractivity contribution in [2.24, 2.45) is 0 Å². The van der Waals surface area contributed by atoms with Crippen molar-refractivity contribution in [3.63, 3.8) is 0 Å². The molecule has 0 aliphatic carbocycles. The van der Waals surface area contributed by atoms with Gasteiger partial charge in [0.05, 0.1) is 6.04 Å². The number of nitrogens with zero attached hydrogens (tertiary/aromatic N) is 1. The lowest BCUT2D eigenvalue weighted by molar-refractivity contribution is 0.0687. The number of benzene rings is 4. The fourth-order valence-electron chi connectivity index (χ4n) is 5.13. The van der Waals surface area contributed by atoms with Crippen molar-refractivity contribution < 1.29 is 4.52 Å². The molecule has 1 aliphatic heterocycles. The van der Waals surface area contributed by atoms with Crippen molar-refractivity contribution in [2.75, 3.05) is 6.54 Å². The molecule has 1 aliphatic rings. The predicted octanol–water partition coefficient (Wildman–Crippen LogP) is 6.25. The van der Waals surface area contributed by atoms with Crippen LogP contribution in [-0.4, -0.2) is 17.3 Å². The highest BCUT2D eigenvalue weighted by atomic mass is 31.1. The van der Waals surface area contributed by atoms with Crippen molar-refractivity contribution in [3.8, 4) is 0 Å². The van der Waals surface area contributed by atoms with Gasteiger partial charge in [-0.05, 0) is 34.6 Å². The first-order valence-electron chi connectivity index (χ1n) is 11.5. The van der Waals surface area contributed by atoms with Crippen LogP contribution in [0.4, 0.5) is 0 Å². The topological polar surface area (TPSA) is 12.5 Å². The van der Waals surface area contributed by atoms with Gasteiger partial charge in [-0.3, -0.25) is 4.67 Å². The third-order valence-corrected chi connectivity index (χ3v) is 9.48. The summed E-state index contributed by atoms with van der Waals surface area (Å²) >= 11 is 0. The summed E-state index contributed by atoms with van der Waals surface area (Å²) in [6.07, 6.45) is 2.23. The molecular weight excluding hydrogens is 440 g/mol. The zero-order valence-corrected chi connectivity index (χ0v) is 20.7. The normalized spacial score (nSPS) is 16.8. The van der Waals surface area contributed by atoms with Gasteiger partial charge in [0.2, 0.25) is 0 Å². The van der Waals surface area contributed by atoms with Crippen LogP contribution in [-0.2, 0) is 10.1 Å². The van der Waals surface area contributed by atoms with Gasteiger partial charge in [0, 0.05) is 24.1 Å². The van der Waals surface area contributed by atoms with Crippen molar-refractivity contribution >= 4 is 28.1 Å². The Morgan fingerprint density at radius 2 is 1.09 bits per heavy atom. The lowest BCUT2D eigenvalue weighted by Gasteiger charge is -2.45. The Morgan fingerprint density at radius 3 is 1.52 bits per heavy atom. The Kier molecular flexibility index (Phi) is 7.00. The van der Waals surface area contributed by atoms with Gasteiger partial charge in [0.15, 0.2) is 0 Å². The van der Waals surface area contributed by atoms with Gasteiger partial charge in [0.1, 0.15) is 5.60 Å². The molecule has 2 atom stereocenters. The standard InChI is InChI=1S/C29H29NOP2/c32-31-29(24-14-5-1-6-15-24,25-16-7-2-8-17-25)28-22-13-23-30(28)33(26-18-9-3-10-19-26)27-20-11-4-12-21-27/h1-12,14-21,28H,13,22-23,32H2. The van der Waals surface area contributed by atoms with Crippen LogP contribution in [0.3, 0.4) is 0 Å². The minimum Gasteiger partial charge on any atom is -0.348 e. The van der Waals surface area contributed by atoms with Crippen LogP contribution >= 0.6 is 17.5 Å². The summed E-state index contributed by atoms with van der Waals surface area (Å²) < 4.78 is 9.26. The van der Waals surface area contributed by atoms with Gasteiger partial charge in [-0.15, -0.1) is 0 Å². The Hall–Kier alpha value is -2.34. The Morgan fingerprint density at radius 1 is 0.667 bits per heavy atom. The van der Waals surface area contributed by atoms with Gasteiger partial charge in [-0.25, -0.2) is 0 Å². The molecule has 4 heteroatoms. The highest BCUT2D eigenvalue weighted by Crippen LogP contribution is 2.52. The average molecular weight is 470 g/mol. The number of hydrogen-bond donors (Lipinski definition) is 0. The molecule has 0 radical (unpaired) electrons. The minimum atomic E-state index is -0.698. The van der Waals surface area contributed by atoms with Crippen LogP contribution in [0.25, 0.3) is 0 Å². The molecule has 2 unspecified atom stereocenters. The van der Waals surface area contributed by atoms with E-state index in [1.807, 2.05) is 0 Å². The smallest absolute Gasteiger partial charge is 0.137 e. The van der Waals surface area contributed by atoms with Crippen LogP contribution < -0.4 is 10.6 Å². The molecule has 33 heavy (non-hydrogen) atoms. The molecule has 0 amide bonds. The van der Waals surface area contributed by atoms with E-state index in [0.717, 1.165) is 19.4 Å². The zero-order valence-electron chi connectivity index (χ0n) is 18.6. The van der Waals surface area contributed by atoms with E-state index in [0.29, 0.717) is 0 Å². The van der Waals surface area contributed by atoms with E-state index in [9.17, 15) is 0 Å². The van der Waals surface area contributed by atoms with Crippen LogP contribution in [0.1, 0.15) is 24.0 Å². The molecule has 1 heterocycles. The second-order valence-electron chi connectivity index (χ2n) is 8.39. The number of hydrogen-bond acceptors (Lipinski definition) is 2. The maximum atomic E-state index is 6.53. The largest absolute Gasteiger partial charge is 0.348 e. The summed E-state index contributed by atoms with van der Waals surface area (Å²) in [7, 11) is 1.91. The second kappa shape index (κ2) is 10.3. The Labute approximate surface area is 200 Å². The summed E-state index contributed by atoms with van der Waals surface area (Å²) in [5, 5.41) is 2.76. The molecule has 0 bridgehead atoms. The van der Waals surface area contributed by atoms with Crippen molar-refractivity contribution in [1.29, 1.82) is 0 Å². The Balaban J connectivity index is 1.68. The monoisotopic (exact) mass is 469 g/mol. The molecule has 0 N–H and O–H groups in total. The zero-order chi connectivity index (χ0) is 22.5.